The van der Waals surface area contributed by atoms with Crippen molar-refractivity contribution < 1.29 is 22.4 Å². The Morgan fingerprint density at radius 3 is 2.52 bits per heavy atom. The average Bonchev–Trinajstić information content (AvgIpc) is 2.91. The predicted molar refractivity (Wildman–Crippen MR) is 87.9 cm³/mol. The summed E-state index contributed by atoms with van der Waals surface area (Å²) in [5, 5.41) is 4.07. The van der Waals surface area contributed by atoms with E-state index in [1.807, 2.05) is 0 Å². The lowest BCUT2D eigenvalue weighted by Crippen LogP contribution is -2.07. The number of Topliss-reactive ketones (excluding diaryl/α,β-unsaturated/α-hetero) is 1. The first-order valence-corrected chi connectivity index (χ1v) is 7.72. The molecule has 0 aliphatic heterocycles. The molecule has 0 amide bonds. The fourth-order valence-corrected chi connectivity index (χ4v) is 2.81. The maximum absolute atomic E-state index is 13.5. The summed E-state index contributed by atoms with van der Waals surface area (Å²) in [5.41, 5.74) is -0.479. The molecule has 128 valence electrons. The van der Waals surface area contributed by atoms with E-state index in [-0.39, 0.29) is 16.8 Å². The van der Waals surface area contributed by atoms with Gasteiger partial charge in [-0.05, 0) is 24.3 Å². The van der Waals surface area contributed by atoms with E-state index in [1.54, 1.807) is 24.3 Å². The lowest BCUT2D eigenvalue weighted by molar-refractivity contribution is -0.137. The van der Waals surface area contributed by atoms with Gasteiger partial charge < -0.3 is 0 Å². The van der Waals surface area contributed by atoms with Crippen LogP contribution in [0.5, 0.6) is 0 Å². The largest absolute Gasteiger partial charge is 0.417 e. The predicted octanol–water partition coefficient (Wildman–Crippen LogP) is 5.45. The van der Waals surface area contributed by atoms with E-state index in [0.29, 0.717) is 10.0 Å². The highest BCUT2D eigenvalue weighted by molar-refractivity contribution is 9.10. The summed E-state index contributed by atoms with van der Waals surface area (Å²) in [6.45, 7) is 2.98. The van der Waals surface area contributed by atoms with E-state index < -0.39 is 23.3 Å². The lowest BCUT2D eigenvalue weighted by Gasteiger charge is -2.06. The van der Waals surface area contributed by atoms with Crippen molar-refractivity contribution in [2.75, 3.05) is 0 Å². The van der Waals surface area contributed by atoms with Crippen molar-refractivity contribution in [1.82, 2.24) is 9.61 Å². The van der Waals surface area contributed by atoms with Crippen molar-refractivity contribution >= 4 is 27.2 Å². The number of carbonyl (C=O) groups excluding carboxylic acids is 1. The van der Waals surface area contributed by atoms with Gasteiger partial charge in [0, 0.05) is 16.2 Å². The SMILES string of the molecule is C=C(F)C(=O)c1c(-c2cccc(Br)c2)nn2cc(C(F)(F)F)ccc12. The molecule has 0 bridgehead atoms. The molecule has 3 aromatic rings. The Hall–Kier alpha value is -2.48. The third kappa shape index (κ3) is 3.21. The van der Waals surface area contributed by atoms with E-state index in [0.717, 1.165) is 22.8 Å². The Morgan fingerprint density at radius 2 is 1.92 bits per heavy atom. The van der Waals surface area contributed by atoms with Crippen molar-refractivity contribution in [1.29, 1.82) is 0 Å². The number of carbonyl (C=O) groups is 1. The van der Waals surface area contributed by atoms with Gasteiger partial charge in [0.2, 0.25) is 5.78 Å². The zero-order chi connectivity index (χ0) is 18.4. The van der Waals surface area contributed by atoms with Crippen molar-refractivity contribution in [3.63, 3.8) is 0 Å². The fraction of sp³-hybridized carbons (Fsp3) is 0.0588. The van der Waals surface area contributed by atoms with E-state index in [2.05, 4.69) is 27.6 Å². The highest BCUT2D eigenvalue weighted by Gasteiger charge is 2.32. The zero-order valence-corrected chi connectivity index (χ0v) is 14.0. The molecule has 8 heteroatoms. The number of halogens is 5. The molecule has 25 heavy (non-hydrogen) atoms. The Balaban J connectivity index is 2.33. The first-order chi connectivity index (χ1) is 11.7. The van der Waals surface area contributed by atoms with Crippen LogP contribution in [0.15, 0.2) is 59.5 Å². The summed E-state index contributed by atoms with van der Waals surface area (Å²) < 4.78 is 53.8. The molecule has 3 rings (SSSR count). The Bertz CT molecular complexity index is 1010. The molecule has 2 heterocycles. The van der Waals surface area contributed by atoms with Crippen molar-refractivity contribution in [3.8, 4) is 11.3 Å². The van der Waals surface area contributed by atoms with Crippen molar-refractivity contribution in [2.24, 2.45) is 0 Å². The molecule has 0 N–H and O–H groups in total. The highest BCUT2D eigenvalue weighted by atomic mass is 79.9. The normalized spacial score (nSPS) is 11.7. The third-order valence-electron chi connectivity index (χ3n) is 3.53. The van der Waals surface area contributed by atoms with E-state index >= 15 is 0 Å². The number of hydrogen-bond donors (Lipinski definition) is 0. The Labute approximate surface area is 147 Å². The minimum Gasteiger partial charge on any atom is -0.286 e. The van der Waals surface area contributed by atoms with E-state index in [9.17, 15) is 22.4 Å². The van der Waals surface area contributed by atoms with Crippen molar-refractivity contribution in [3.05, 3.63) is 70.6 Å². The maximum atomic E-state index is 13.5. The van der Waals surface area contributed by atoms with Crippen LogP contribution < -0.4 is 0 Å². The van der Waals surface area contributed by atoms with Gasteiger partial charge in [0.25, 0.3) is 0 Å². The molecule has 0 atom stereocenters. The summed E-state index contributed by atoms with van der Waals surface area (Å²) in [5.74, 6) is -2.24. The molecule has 0 unspecified atom stereocenters. The number of benzene rings is 1. The molecule has 0 aliphatic carbocycles. The molecule has 0 aliphatic rings. The second-order valence-corrected chi connectivity index (χ2v) is 6.13. The van der Waals surface area contributed by atoms with Crippen LogP contribution in [0.4, 0.5) is 17.6 Å². The summed E-state index contributed by atoms with van der Waals surface area (Å²) in [4.78, 5) is 12.2. The highest BCUT2D eigenvalue weighted by Crippen LogP contribution is 2.33. The number of fused-ring (bicyclic) bond motifs is 1. The van der Waals surface area contributed by atoms with Crippen LogP contribution in [0.2, 0.25) is 0 Å². The van der Waals surface area contributed by atoms with Gasteiger partial charge in [-0.15, -0.1) is 0 Å². The molecule has 0 fully saturated rings. The molecule has 0 saturated heterocycles. The van der Waals surface area contributed by atoms with Crippen LogP contribution in [0, 0.1) is 0 Å². The van der Waals surface area contributed by atoms with Gasteiger partial charge in [-0.1, -0.05) is 34.6 Å². The number of allylic oxidation sites excluding steroid dienone is 1. The van der Waals surface area contributed by atoms with Crippen LogP contribution in [0.25, 0.3) is 16.8 Å². The number of ketones is 1. The van der Waals surface area contributed by atoms with Crippen LogP contribution in [0.3, 0.4) is 0 Å². The summed E-state index contributed by atoms with van der Waals surface area (Å²) in [7, 11) is 0. The zero-order valence-electron chi connectivity index (χ0n) is 12.4. The summed E-state index contributed by atoms with van der Waals surface area (Å²) in [6.07, 6.45) is -3.81. The number of rotatable bonds is 3. The fourth-order valence-electron chi connectivity index (χ4n) is 2.41. The number of aromatic nitrogens is 2. The van der Waals surface area contributed by atoms with Crippen LogP contribution in [0.1, 0.15) is 15.9 Å². The van der Waals surface area contributed by atoms with E-state index in [1.165, 1.54) is 0 Å². The van der Waals surface area contributed by atoms with Gasteiger partial charge in [0.05, 0.1) is 16.6 Å². The number of hydrogen-bond acceptors (Lipinski definition) is 2. The Kier molecular flexibility index (Phi) is 4.24. The average molecular weight is 413 g/mol. The number of nitrogens with zero attached hydrogens (tertiary/aromatic N) is 2. The van der Waals surface area contributed by atoms with E-state index in [4.69, 9.17) is 0 Å². The lowest BCUT2D eigenvalue weighted by atomic mass is 10.0. The van der Waals surface area contributed by atoms with Gasteiger partial charge in [-0.2, -0.15) is 18.3 Å². The number of alkyl halides is 3. The molecule has 2 aromatic heterocycles. The second-order valence-electron chi connectivity index (χ2n) is 5.21. The van der Waals surface area contributed by atoms with Gasteiger partial charge in [0.1, 0.15) is 5.69 Å². The Morgan fingerprint density at radius 1 is 1.20 bits per heavy atom. The topological polar surface area (TPSA) is 34.4 Å². The van der Waals surface area contributed by atoms with Gasteiger partial charge in [0.15, 0.2) is 5.83 Å². The van der Waals surface area contributed by atoms with Gasteiger partial charge >= 0.3 is 6.18 Å². The minimum atomic E-state index is -4.57. The molecular formula is C17H9BrF4N2O. The van der Waals surface area contributed by atoms with Crippen LogP contribution in [-0.2, 0) is 6.18 Å². The summed E-state index contributed by atoms with van der Waals surface area (Å²) >= 11 is 3.27. The molecule has 3 nitrogen and oxygen atoms in total. The molecule has 0 radical (unpaired) electrons. The minimum absolute atomic E-state index is 0.0618. The van der Waals surface area contributed by atoms with Gasteiger partial charge in [-0.3, -0.25) is 4.79 Å². The summed E-state index contributed by atoms with van der Waals surface area (Å²) in [6, 6.07) is 8.56. The smallest absolute Gasteiger partial charge is 0.286 e. The van der Waals surface area contributed by atoms with Crippen LogP contribution in [-0.4, -0.2) is 15.4 Å². The van der Waals surface area contributed by atoms with Crippen LogP contribution >= 0.6 is 15.9 Å². The van der Waals surface area contributed by atoms with Crippen molar-refractivity contribution in [2.45, 2.75) is 6.18 Å². The van der Waals surface area contributed by atoms with Gasteiger partial charge in [-0.25, -0.2) is 8.91 Å². The third-order valence-corrected chi connectivity index (χ3v) is 4.02. The quantitative estimate of drug-likeness (QED) is 0.325. The molecular weight excluding hydrogens is 404 g/mol. The standard InChI is InChI=1S/C17H9BrF4N2O/c1-9(19)16(25)14-13-6-5-11(17(20,21)22)8-24(13)23-15(14)10-3-2-4-12(18)7-10/h2-8H,1H2. The maximum Gasteiger partial charge on any atom is 0.417 e. The number of pyridine rings is 1. The monoisotopic (exact) mass is 412 g/mol. The second kappa shape index (κ2) is 6.11. The first-order valence-electron chi connectivity index (χ1n) is 6.93. The molecule has 1 aromatic carbocycles. The molecule has 0 spiro atoms. The molecule has 0 saturated carbocycles. The first kappa shape index (κ1) is 17.3.